The molecule has 6 nitrogen and oxygen atoms in total. The Kier molecular flexibility index (Phi) is 7.58. The van der Waals surface area contributed by atoms with Crippen molar-refractivity contribution in [2.75, 3.05) is 31.2 Å². The van der Waals surface area contributed by atoms with Crippen molar-refractivity contribution in [2.24, 2.45) is 5.92 Å². The van der Waals surface area contributed by atoms with Crippen LogP contribution < -0.4 is 11.1 Å². The Bertz CT molecular complexity index is 1030. The summed E-state index contributed by atoms with van der Waals surface area (Å²) in [7, 11) is 2.16. The second-order valence-electron chi connectivity index (χ2n) is 8.22. The highest BCUT2D eigenvalue weighted by atomic mass is 16.1. The van der Waals surface area contributed by atoms with Crippen LogP contribution in [0.25, 0.3) is 10.8 Å². The van der Waals surface area contributed by atoms with Crippen LogP contribution >= 0.6 is 0 Å². The van der Waals surface area contributed by atoms with Gasteiger partial charge in [-0.3, -0.25) is 4.79 Å². The van der Waals surface area contributed by atoms with E-state index < -0.39 is 0 Å². The van der Waals surface area contributed by atoms with Crippen LogP contribution in [0.15, 0.2) is 48.7 Å². The summed E-state index contributed by atoms with van der Waals surface area (Å²) in [5.74, 6) is 2.05. The normalized spacial score (nSPS) is 14.9. The van der Waals surface area contributed by atoms with Crippen LogP contribution in [0.3, 0.4) is 0 Å². The van der Waals surface area contributed by atoms with Gasteiger partial charge >= 0.3 is 0 Å². The van der Waals surface area contributed by atoms with Crippen LogP contribution in [-0.4, -0.2) is 40.8 Å². The van der Waals surface area contributed by atoms with Gasteiger partial charge in [-0.1, -0.05) is 25.6 Å². The number of carbonyl (C=O) groups excluding carboxylic acids is 1. The molecule has 1 fully saturated rings. The lowest BCUT2D eigenvalue weighted by Crippen LogP contribution is -2.30. The van der Waals surface area contributed by atoms with Gasteiger partial charge in [0.1, 0.15) is 17.3 Å². The van der Waals surface area contributed by atoms with E-state index in [0.29, 0.717) is 30.4 Å². The SMILES string of the molecule is C.CN1CCC(CCC(=O)c2cccc(NCc3ccc4c(N)nccc4c3)n2)CC1. The molecule has 0 atom stereocenters. The van der Waals surface area contributed by atoms with E-state index in [1.807, 2.05) is 36.4 Å². The number of aromatic nitrogens is 2. The predicted octanol–water partition coefficient (Wildman–Crippen LogP) is 4.76. The molecule has 0 spiro atoms. The zero-order valence-electron chi connectivity index (χ0n) is 17.5. The fourth-order valence-electron chi connectivity index (χ4n) is 4.06. The minimum Gasteiger partial charge on any atom is -0.383 e. The fraction of sp³-hybridized carbons (Fsp3) is 0.400. The largest absolute Gasteiger partial charge is 0.383 e. The summed E-state index contributed by atoms with van der Waals surface area (Å²) < 4.78 is 0. The van der Waals surface area contributed by atoms with Gasteiger partial charge in [0.25, 0.3) is 0 Å². The first kappa shape index (κ1) is 22.7. The maximum absolute atomic E-state index is 12.6. The highest BCUT2D eigenvalue weighted by Crippen LogP contribution is 2.23. The number of rotatable bonds is 7. The molecule has 1 aliphatic rings. The molecule has 31 heavy (non-hydrogen) atoms. The number of likely N-dealkylation sites (tertiary alicyclic amines) is 1. The standard InChI is InChI=1S/C24H29N5O.CH4/c1-29-13-10-17(11-14-29)6-8-22(30)21-3-2-4-23(28-21)27-16-18-5-7-20-19(15-18)9-12-26-24(20)25;/h2-5,7,9,12,15,17H,6,8,10-11,13-14,16H2,1H3,(H2,25,26)(H,27,28);1H4. The summed E-state index contributed by atoms with van der Waals surface area (Å²) in [4.78, 5) is 23.7. The zero-order valence-corrected chi connectivity index (χ0v) is 17.5. The van der Waals surface area contributed by atoms with E-state index >= 15 is 0 Å². The van der Waals surface area contributed by atoms with Crippen LogP contribution in [0, 0.1) is 5.92 Å². The summed E-state index contributed by atoms with van der Waals surface area (Å²) in [6.45, 7) is 2.89. The van der Waals surface area contributed by atoms with E-state index in [1.54, 1.807) is 6.20 Å². The van der Waals surface area contributed by atoms with Gasteiger partial charge in [0.05, 0.1) is 0 Å². The summed E-state index contributed by atoms with van der Waals surface area (Å²) >= 11 is 0. The van der Waals surface area contributed by atoms with Crippen molar-refractivity contribution in [3.8, 4) is 0 Å². The molecule has 1 aliphatic heterocycles. The van der Waals surface area contributed by atoms with E-state index in [4.69, 9.17) is 5.73 Å². The Balaban J connectivity index is 0.00000272. The molecule has 0 amide bonds. The average Bonchev–Trinajstić information content (AvgIpc) is 2.77. The topological polar surface area (TPSA) is 84.1 Å². The van der Waals surface area contributed by atoms with Gasteiger partial charge in [0.2, 0.25) is 0 Å². The first-order chi connectivity index (χ1) is 14.6. The molecule has 0 bridgehead atoms. The Morgan fingerprint density at radius 3 is 2.81 bits per heavy atom. The third kappa shape index (κ3) is 5.79. The number of carbonyl (C=O) groups is 1. The lowest BCUT2D eigenvalue weighted by molar-refractivity contribution is 0.0961. The highest BCUT2D eigenvalue weighted by Gasteiger charge is 2.18. The minimum absolute atomic E-state index is 0. The van der Waals surface area contributed by atoms with Crippen molar-refractivity contribution in [2.45, 2.75) is 39.7 Å². The maximum atomic E-state index is 12.6. The number of anilines is 2. The first-order valence-corrected chi connectivity index (χ1v) is 10.6. The van der Waals surface area contributed by atoms with Crippen molar-refractivity contribution >= 4 is 28.2 Å². The molecule has 1 aromatic carbocycles. The summed E-state index contributed by atoms with van der Waals surface area (Å²) in [6, 6.07) is 13.7. The van der Waals surface area contributed by atoms with Crippen LogP contribution in [0.4, 0.5) is 11.6 Å². The number of nitrogens with two attached hydrogens (primary N) is 1. The number of pyridine rings is 2. The van der Waals surface area contributed by atoms with Gasteiger partial charge in [0, 0.05) is 24.5 Å². The molecule has 3 aromatic rings. The Morgan fingerprint density at radius 2 is 2.00 bits per heavy atom. The Labute approximate surface area is 184 Å². The van der Waals surface area contributed by atoms with Gasteiger partial charge in [-0.2, -0.15) is 0 Å². The van der Waals surface area contributed by atoms with Gasteiger partial charge in [-0.25, -0.2) is 9.97 Å². The number of nitrogens with one attached hydrogen (secondary N) is 1. The Hall–Kier alpha value is -2.99. The number of nitrogen functional groups attached to an aromatic ring is 1. The second kappa shape index (κ2) is 10.4. The number of ketones is 1. The molecular formula is C25H33N5O. The van der Waals surface area contributed by atoms with Crippen LogP contribution in [0.5, 0.6) is 0 Å². The maximum Gasteiger partial charge on any atom is 0.181 e. The average molecular weight is 420 g/mol. The second-order valence-corrected chi connectivity index (χ2v) is 8.22. The van der Waals surface area contributed by atoms with Gasteiger partial charge in [-0.15, -0.1) is 0 Å². The number of Topliss-reactive ketones (excluding diaryl/α,β-unsaturated/α-hetero) is 1. The summed E-state index contributed by atoms with van der Waals surface area (Å²) in [6.07, 6.45) is 5.63. The third-order valence-electron chi connectivity index (χ3n) is 5.99. The minimum atomic E-state index is 0. The molecular weight excluding hydrogens is 386 g/mol. The van der Waals surface area contributed by atoms with Gasteiger partial charge < -0.3 is 16.0 Å². The van der Waals surface area contributed by atoms with Crippen LogP contribution in [0.2, 0.25) is 0 Å². The molecule has 3 heterocycles. The van der Waals surface area contributed by atoms with Gasteiger partial charge in [-0.05, 0) is 80.5 Å². The monoisotopic (exact) mass is 419 g/mol. The summed E-state index contributed by atoms with van der Waals surface area (Å²) in [5.41, 5.74) is 7.59. The molecule has 0 aliphatic carbocycles. The quantitative estimate of drug-likeness (QED) is 0.537. The third-order valence-corrected chi connectivity index (χ3v) is 5.99. The van der Waals surface area contributed by atoms with Crippen LogP contribution in [0.1, 0.15) is 49.2 Å². The molecule has 0 radical (unpaired) electrons. The highest BCUT2D eigenvalue weighted by molar-refractivity contribution is 5.94. The van der Waals surface area contributed by atoms with Crippen molar-refractivity contribution in [1.29, 1.82) is 0 Å². The number of piperidine rings is 1. The first-order valence-electron chi connectivity index (χ1n) is 10.6. The van der Waals surface area contributed by atoms with Crippen molar-refractivity contribution < 1.29 is 4.79 Å². The smallest absolute Gasteiger partial charge is 0.181 e. The number of nitrogens with zero attached hydrogens (tertiary/aromatic N) is 3. The predicted molar refractivity (Wildman–Crippen MR) is 128 cm³/mol. The van der Waals surface area contributed by atoms with E-state index in [-0.39, 0.29) is 13.2 Å². The molecule has 1 saturated heterocycles. The van der Waals surface area contributed by atoms with E-state index in [2.05, 4.69) is 33.3 Å². The number of fused-ring (bicyclic) bond motifs is 1. The number of hydrogen-bond donors (Lipinski definition) is 2. The van der Waals surface area contributed by atoms with Crippen molar-refractivity contribution in [1.82, 2.24) is 14.9 Å². The molecule has 4 rings (SSSR count). The number of hydrogen-bond acceptors (Lipinski definition) is 6. The van der Waals surface area contributed by atoms with E-state index in [1.165, 1.54) is 12.8 Å². The zero-order chi connectivity index (χ0) is 20.9. The molecule has 164 valence electrons. The molecule has 0 saturated carbocycles. The van der Waals surface area contributed by atoms with E-state index in [0.717, 1.165) is 41.7 Å². The molecule has 6 heteroatoms. The Morgan fingerprint density at radius 1 is 1.19 bits per heavy atom. The number of benzene rings is 1. The molecule has 2 aromatic heterocycles. The van der Waals surface area contributed by atoms with Gasteiger partial charge in [0.15, 0.2) is 5.78 Å². The summed E-state index contributed by atoms with van der Waals surface area (Å²) in [5, 5.41) is 5.35. The van der Waals surface area contributed by atoms with Crippen LogP contribution in [-0.2, 0) is 6.54 Å². The molecule has 3 N–H and O–H groups in total. The molecule has 0 unspecified atom stereocenters. The lowest BCUT2D eigenvalue weighted by atomic mass is 9.91. The van der Waals surface area contributed by atoms with Crippen molar-refractivity contribution in [3.63, 3.8) is 0 Å². The fourth-order valence-corrected chi connectivity index (χ4v) is 4.06. The van der Waals surface area contributed by atoms with Crippen molar-refractivity contribution in [3.05, 3.63) is 59.9 Å². The lowest BCUT2D eigenvalue weighted by Gasteiger charge is -2.28. The van der Waals surface area contributed by atoms with E-state index in [9.17, 15) is 4.79 Å².